The lowest BCUT2D eigenvalue weighted by Crippen LogP contribution is -2.16. The molecule has 120 valence electrons. The van der Waals surface area contributed by atoms with E-state index in [2.05, 4.69) is 15.3 Å². The monoisotopic (exact) mass is 347 g/mol. The van der Waals surface area contributed by atoms with Crippen molar-refractivity contribution in [2.24, 2.45) is 0 Å². The van der Waals surface area contributed by atoms with Gasteiger partial charge >= 0.3 is 0 Å². The number of H-pyrrole nitrogens is 1. The SMILES string of the molecule is N#Cc1cccc(-c2nc(Nc3ccc(Cl)cc3)[nH]c(=O)c2C#N)c1. The van der Waals surface area contributed by atoms with Crippen molar-refractivity contribution in [1.82, 2.24) is 9.97 Å². The molecule has 6 nitrogen and oxygen atoms in total. The molecule has 0 unspecified atom stereocenters. The summed E-state index contributed by atoms with van der Waals surface area (Å²) in [6, 6.07) is 17.3. The van der Waals surface area contributed by atoms with Gasteiger partial charge in [-0.15, -0.1) is 0 Å². The van der Waals surface area contributed by atoms with Crippen molar-refractivity contribution >= 4 is 23.2 Å². The maximum absolute atomic E-state index is 12.2. The number of anilines is 2. The molecule has 0 aliphatic rings. The van der Waals surface area contributed by atoms with Crippen molar-refractivity contribution in [2.75, 3.05) is 5.32 Å². The predicted molar refractivity (Wildman–Crippen MR) is 94.5 cm³/mol. The molecule has 0 fully saturated rings. The van der Waals surface area contributed by atoms with Crippen LogP contribution < -0.4 is 10.9 Å². The van der Waals surface area contributed by atoms with Crippen LogP contribution in [0.2, 0.25) is 5.02 Å². The van der Waals surface area contributed by atoms with Crippen molar-refractivity contribution in [1.29, 1.82) is 10.5 Å². The van der Waals surface area contributed by atoms with Crippen LogP contribution in [0.25, 0.3) is 11.3 Å². The van der Waals surface area contributed by atoms with Gasteiger partial charge in [0.15, 0.2) is 0 Å². The quantitative estimate of drug-likeness (QED) is 0.753. The summed E-state index contributed by atoms with van der Waals surface area (Å²) in [7, 11) is 0. The van der Waals surface area contributed by atoms with E-state index in [0.717, 1.165) is 0 Å². The molecule has 7 heteroatoms. The average Bonchev–Trinajstić information content (AvgIpc) is 2.63. The Morgan fingerprint density at radius 3 is 2.52 bits per heavy atom. The zero-order chi connectivity index (χ0) is 17.8. The molecular weight excluding hydrogens is 338 g/mol. The lowest BCUT2D eigenvalue weighted by molar-refractivity contribution is 1.11. The third-order valence-electron chi connectivity index (χ3n) is 3.40. The number of rotatable bonds is 3. The number of aromatic nitrogens is 2. The smallest absolute Gasteiger partial charge is 0.270 e. The van der Waals surface area contributed by atoms with E-state index >= 15 is 0 Å². The number of aromatic amines is 1. The summed E-state index contributed by atoms with van der Waals surface area (Å²) in [6.45, 7) is 0. The van der Waals surface area contributed by atoms with Gasteiger partial charge in [-0.1, -0.05) is 23.7 Å². The van der Waals surface area contributed by atoms with E-state index in [1.807, 2.05) is 12.1 Å². The molecule has 0 saturated carbocycles. The molecule has 1 heterocycles. The second-order valence-corrected chi connectivity index (χ2v) is 5.51. The van der Waals surface area contributed by atoms with E-state index in [-0.39, 0.29) is 17.2 Å². The van der Waals surface area contributed by atoms with Crippen molar-refractivity contribution < 1.29 is 0 Å². The average molecular weight is 348 g/mol. The summed E-state index contributed by atoms with van der Waals surface area (Å²) in [6.07, 6.45) is 0. The Labute approximate surface area is 148 Å². The van der Waals surface area contributed by atoms with Gasteiger partial charge in [-0.05, 0) is 36.4 Å². The fourth-order valence-electron chi connectivity index (χ4n) is 2.25. The molecule has 2 N–H and O–H groups in total. The molecule has 1 aromatic heterocycles. The molecule has 0 spiro atoms. The Balaban J connectivity index is 2.09. The van der Waals surface area contributed by atoms with Crippen LogP contribution in [0.4, 0.5) is 11.6 Å². The normalized spacial score (nSPS) is 9.88. The van der Waals surface area contributed by atoms with Crippen LogP contribution in [0.3, 0.4) is 0 Å². The zero-order valence-electron chi connectivity index (χ0n) is 12.7. The van der Waals surface area contributed by atoms with Gasteiger partial charge in [0.2, 0.25) is 5.95 Å². The Morgan fingerprint density at radius 1 is 1.08 bits per heavy atom. The maximum atomic E-state index is 12.2. The summed E-state index contributed by atoms with van der Waals surface area (Å²) in [4.78, 5) is 19.1. The third-order valence-corrected chi connectivity index (χ3v) is 3.66. The minimum Gasteiger partial charge on any atom is -0.326 e. The van der Waals surface area contributed by atoms with E-state index < -0.39 is 5.56 Å². The number of nitriles is 2. The number of nitrogens with zero attached hydrogens (tertiary/aromatic N) is 3. The van der Waals surface area contributed by atoms with Crippen LogP contribution in [0.1, 0.15) is 11.1 Å². The molecule has 0 bridgehead atoms. The van der Waals surface area contributed by atoms with Crippen LogP contribution in [-0.4, -0.2) is 9.97 Å². The van der Waals surface area contributed by atoms with Crippen LogP contribution in [0, 0.1) is 22.7 Å². The largest absolute Gasteiger partial charge is 0.326 e. The van der Waals surface area contributed by atoms with Crippen LogP contribution in [-0.2, 0) is 0 Å². The summed E-state index contributed by atoms with van der Waals surface area (Å²) in [5.74, 6) is 0.184. The van der Waals surface area contributed by atoms with Crippen LogP contribution in [0.15, 0.2) is 53.3 Å². The fraction of sp³-hybridized carbons (Fsp3) is 0. The fourth-order valence-corrected chi connectivity index (χ4v) is 2.38. The molecule has 3 aromatic rings. The molecule has 0 aliphatic carbocycles. The Hall–Kier alpha value is -3.61. The highest BCUT2D eigenvalue weighted by Crippen LogP contribution is 2.22. The minimum atomic E-state index is -0.564. The standard InChI is InChI=1S/C18H10ClN5O/c19-13-4-6-14(7-5-13)22-18-23-16(15(10-21)17(25)24-18)12-3-1-2-11(8-12)9-20/h1-8H,(H2,22,23,24,25). The number of benzene rings is 2. The van der Waals surface area contributed by atoms with Gasteiger partial charge in [0.1, 0.15) is 11.6 Å². The lowest BCUT2D eigenvalue weighted by atomic mass is 10.1. The molecular formula is C18H10ClN5O. The highest BCUT2D eigenvalue weighted by Gasteiger charge is 2.14. The van der Waals surface area contributed by atoms with Gasteiger partial charge in [-0.3, -0.25) is 9.78 Å². The molecule has 0 radical (unpaired) electrons. The van der Waals surface area contributed by atoms with E-state index in [9.17, 15) is 10.1 Å². The maximum Gasteiger partial charge on any atom is 0.270 e. The van der Waals surface area contributed by atoms with Crippen molar-refractivity contribution in [3.05, 3.63) is 75.0 Å². The van der Waals surface area contributed by atoms with Crippen molar-refractivity contribution in [2.45, 2.75) is 0 Å². The summed E-state index contributed by atoms with van der Waals surface area (Å²) < 4.78 is 0. The minimum absolute atomic E-state index is 0.114. The first-order valence-corrected chi connectivity index (χ1v) is 7.56. The van der Waals surface area contributed by atoms with Gasteiger partial charge < -0.3 is 5.32 Å². The van der Waals surface area contributed by atoms with E-state index in [1.165, 1.54) is 0 Å². The predicted octanol–water partition coefficient (Wildman–Crippen LogP) is 3.58. The highest BCUT2D eigenvalue weighted by molar-refractivity contribution is 6.30. The second-order valence-electron chi connectivity index (χ2n) is 5.07. The molecule has 3 rings (SSSR count). The topological polar surface area (TPSA) is 105 Å². The molecule has 25 heavy (non-hydrogen) atoms. The first-order valence-electron chi connectivity index (χ1n) is 7.18. The number of hydrogen-bond donors (Lipinski definition) is 2. The Kier molecular flexibility index (Phi) is 4.47. The molecule has 0 aliphatic heterocycles. The number of nitrogens with one attached hydrogen (secondary N) is 2. The summed E-state index contributed by atoms with van der Waals surface area (Å²) in [5.41, 5.74) is 1.13. The lowest BCUT2D eigenvalue weighted by Gasteiger charge is -2.09. The first-order chi connectivity index (χ1) is 12.1. The molecule has 0 atom stereocenters. The third kappa shape index (κ3) is 3.50. The molecule has 2 aromatic carbocycles. The first kappa shape index (κ1) is 16.3. The number of halogens is 1. The van der Waals surface area contributed by atoms with Gasteiger partial charge in [-0.2, -0.15) is 10.5 Å². The molecule has 0 amide bonds. The van der Waals surface area contributed by atoms with Gasteiger partial charge in [0.05, 0.1) is 17.3 Å². The number of hydrogen-bond acceptors (Lipinski definition) is 5. The zero-order valence-corrected chi connectivity index (χ0v) is 13.5. The van der Waals surface area contributed by atoms with Crippen molar-refractivity contribution in [3.8, 4) is 23.4 Å². The van der Waals surface area contributed by atoms with Gasteiger partial charge in [0, 0.05) is 16.3 Å². The van der Waals surface area contributed by atoms with E-state index in [0.29, 0.717) is 21.8 Å². The Bertz CT molecular complexity index is 1070. The Morgan fingerprint density at radius 2 is 1.84 bits per heavy atom. The highest BCUT2D eigenvalue weighted by atomic mass is 35.5. The van der Waals surface area contributed by atoms with Gasteiger partial charge in [0.25, 0.3) is 5.56 Å². The van der Waals surface area contributed by atoms with Crippen LogP contribution in [0.5, 0.6) is 0 Å². The summed E-state index contributed by atoms with van der Waals surface area (Å²) >= 11 is 5.85. The molecule has 0 saturated heterocycles. The van der Waals surface area contributed by atoms with Crippen molar-refractivity contribution in [3.63, 3.8) is 0 Å². The van der Waals surface area contributed by atoms with Gasteiger partial charge in [-0.25, -0.2) is 4.98 Å². The summed E-state index contributed by atoms with van der Waals surface area (Å²) in [5, 5.41) is 21.9. The van der Waals surface area contributed by atoms with E-state index in [4.69, 9.17) is 16.9 Å². The van der Waals surface area contributed by atoms with Crippen LogP contribution >= 0.6 is 11.6 Å². The second kappa shape index (κ2) is 6.88. The van der Waals surface area contributed by atoms with E-state index in [1.54, 1.807) is 48.5 Å².